The molecule has 1 aliphatic rings. The number of methoxy groups -OCH3 is 1. The van der Waals surface area contributed by atoms with Crippen LogP contribution in [-0.4, -0.2) is 34.1 Å². The van der Waals surface area contributed by atoms with Crippen LogP contribution in [0.5, 0.6) is 5.75 Å². The first-order chi connectivity index (χ1) is 15.3. The van der Waals surface area contributed by atoms with Gasteiger partial charge in [-0.1, -0.05) is 29.8 Å². The fraction of sp³-hybridized carbons (Fsp3) is 0.360. The smallest absolute Gasteiger partial charge is 0.302 e. The molecule has 0 spiro atoms. The molecule has 4 rings (SSSR count). The van der Waals surface area contributed by atoms with Crippen molar-refractivity contribution in [1.29, 1.82) is 0 Å². The maximum atomic E-state index is 15.9. The summed E-state index contributed by atoms with van der Waals surface area (Å²) in [5.74, 6) is -0.212. The fourth-order valence-corrected chi connectivity index (χ4v) is 4.23. The third-order valence-corrected chi connectivity index (χ3v) is 6.00. The van der Waals surface area contributed by atoms with E-state index in [4.69, 9.17) is 9.47 Å². The molecule has 0 unspecified atom stereocenters. The lowest BCUT2D eigenvalue weighted by molar-refractivity contribution is -0.151. The Bertz CT molecular complexity index is 1100. The summed E-state index contributed by atoms with van der Waals surface area (Å²) < 4.78 is 27.9. The first kappa shape index (κ1) is 22.0. The molecule has 0 bridgehead atoms. The minimum Gasteiger partial charge on any atom is -0.497 e. The lowest BCUT2D eigenvalue weighted by atomic mass is 9.80. The van der Waals surface area contributed by atoms with E-state index in [1.807, 2.05) is 31.2 Å². The van der Waals surface area contributed by atoms with Gasteiger partial charge in [-0.25, -0.2) is 9.07 Å². The molecule has 1 aliphatic carbocycles. The van der Waals surface area contributed by atoms with Crippen molar-refractivity contribution in [2.45, 2.75) is 51.2 Å². The minimum absolute atomic E-state index is 0.0187. The standard InChI is InChI=1S/C25H27FN2O4/c1-16-4-6-18(7-5-16)23-22(26)24(25(30)14-12-21(13-15-25)32-17(2)29)27-28(23)19-8-10-20(31-3)11-9-19/h4-11,21,30H,12-15H2,1-3H3. The number of aliphatic hydroxyl groups is 1. The van der Waals surface area contributed by atoms with Crippen LogP contribution in [0.4, 0.5) is 4.39 Å². The van der Waals surface area contributed by atoms with Crippen LogP contribution in [0.1, 0.15) is 43.9 Å². The maximum Gasteiger partial charge on any atom is 0.302 e. The van der Waals surface area contributed by atoms with Gasteiger partial charge >= 0.3 is 5.97 Å². The van der Waals surface area contributed by atoms with E-state index in [-0.39, 0.29) is 30.6 Å². The summed E-state index contributed by atoms with van der Waals surface area (Å²) in [5, 5.41) is 15.9. The number of carbonyl (C=O) groups excluding carboxylic acids is 1. The summed E-state index contributed by atoms with van der Waals surface area (Å²) in [6, 6.07) is 14.7. The summed E-state index contributed by atoms with van der Waals surface area (Å²) in [7, 11) is 1.58. The predicted octanol–water partition coefficient (Wildman–Crippen LogP) is 4.69. The highest BCUT2D eigenvalue weighted by Crippen LogP contribution is 2.41. The zero-order chi connectivity index (χ0) is 22.9. The van der Waals surface area contributed by atoms with Gasteiger partial charge in [0.1, 0.15) is 28.8 Å². The number of benzene rings is 2. The maximum absolute atomic E-state index is 15.9. The second kappa shape index (κ2) is 8.74. The molecule has 0 aliphatic heterocycles. The molecular formula is C25H27FN2O4. The normalized spacial score (nSPS) is 20.7. The molecule has 1 aromatic heterocycles. The van der Waals surface area contributed by atoms with Crippen molar-refractivity contribution in [2.75, 3.05) is 7.11 Å². The molecule has 32 heavy (non-hydrogen) atoms. The first-order valence-corrected chi connectivity index (χ1v) is 10.7. The molecule has 1 fully saturated rings. The van der Waals surface area contributed by atoms with E-state index in [2.05, 4.69) is 5.10 Å². The molecule has 0 atom stereocenters. The van der Waals surface area contributed by atoms with Crippen LogP contribution in [0.25, 0.3) is 16.9 Å². The van der Waals surface area contributed by atoms with Crippen molar-refractivity contribution in [3.63, 3.8) is 0 Å². The molecular weight excluding hydrogens is 411 g/mol. The van der Waals surface area contributed by atoms with Crippen LogP contribution >= 0.6 is 0 Å². The van der Waals surface area contributed by atoms with Gasteiger partial charge in [-0.05, 0) is 56.9 Å². The molecule has 168 valence electrons. The van der Waals surface area contributed by atoms with Crippen molar-refractivity contribution >= 4 is 5.97 Å². The van der Waals surface area contributed by atoms with Crippen molar-refractivity contribution in [3.8, 4) is 22.7 Å². The lowest BCUT2D eigenvalue weighted by Crippen LogP contribution is -2.36. The Balaban J connectivity index is 1.77. The largest absolute Gasteiger partial charge is 0.497 e. The number of aromatic nitrogens is 2. The van der Waals surface area contributed by atoms with Gasteiger partial charge in [0.25, 0.3) is 0 Å². The zero-order valence-corrected chi connectivity index (χ0v) is 18.5. The van der Waals surface area contributed by atoms with Crippen molar-refractivity contribution in [2.24, 2.45) is 0 Å². The SMILES string of the molecule is COc1ccc(-n2nc(C3(O)CCC(OC(C)=O)CC3)c(F)c2-c2ccc(C)cc2)cc1. The third-order valence-electron chi connectivity index (χ3n) is 6.00. The monoisotopic (exact) mass is 438 g/mol. The van der Waals surface area contributed by atoms with Crippen molar-refractivity contribution < 1.29 is 23.8 Å². The van der Waals surface area contributed by atoms with Gasteiger partial charge in [0.15, 0.2) is 5.82 Å². The van der Waals surface area contributed by atoms with Crippen molar-refractivity contribution in [1.82, 2.24) is 9.78 Å². The predicted molar refractivity (Wildman–Crippen MR) is 118 cm³/mol. The number of hydrogen-bond donors (Lipinski definition) is 1. The van der Waals surface area contributed by atoms with Gasteiger partial charge in [-0.2, -0.15) is 5.10 Å². The van der Waals surface area contributed by atoms with Gasteiger partial charge in [0, 0.05) is 12.5 Å². The van der Waals surface area contributed by atoms with Gasteiger partial charge in [0.2, 0.25) is 0 Å². The Morgan fingerprint density at radius 3 is 2.31 bits per heavy atom. The summed E-state index contributed by atoms with van der Waals surface area (Å²) in [6.07, 6.45) is 1.15. The molecule has 2 aromatic carbocycles. The number of halogens is 1. The molecule has 0 saturated heterocycles. The first-order valence-electron chi connectivity index (χ1n) is 10.7. The number of carbonyl (C=O) groups is 1. The molecule has 3 aromatic rings. The Kier molecular flexibility index (Phi) is 6.02. The zero-order valence-electron chi connectivity index (χ0n) is 18.5. The minimum atomic E-state index is -1.43. The molecule has 0 amide bonds. The van der Waals surface area contributed by atoms with Crippen LogP contribution in [0, 0.1) is 12.7 Å². The van der Waals surface area contributed by atoms with E-state index in [0.29, 0.717) is 35.5 Å². The van der Waals surface area contributed by atoms with Crippen LogP contribution in [0.15, 0.2) is 48.5 Å². The Morgan fingerprint density at radius 2 is 1.75 bits per heavy atom. The molecule has 1 N–H and O–H groups in total. The average Bonchev–Trinajstić information content (AvgIpc) is 3.14. The van der Waals surface area contributed by atoms with E-state index in [0.717, 1.165) is 5.56 Å². The molecule has 7 heteroatoms. The number of ether oxygens (including phenoxy) is 2. The molecule has 0 radical (unpaired) electrons. The van der Waals surface area contributed by atoms with Gasteiger partial charge in [-0.3, -0.25) is 4.79 Å². The van der Waals surface area contributed by atoms with E-state index in [1.54, 1.807) is 31.4 Å². The number of hydrogen-bond acceptors (Lipinski definition) is 5. The lowest BCUT2D eigenvalue weighted by Gasteiger charge is -2.34. The molecule has 1 saturated carbocycles. The average molecular weight is 438 g/mol. The Morgan fingerprint density at radius 1 is 1.12 bits per heavy atom. The highest BCUT2D eigenvalue weighted by Gasteiger charge is 2.41. The van der Waals surface area contributed by atoms with Crippen LogP contribution < -0.4 is 4.74 Å². The Hall–Kier alpha value is -3.19. The summed E-state index contributed by atoms with van der Waals surface area (Å²) in [5.41, 5.74) is 1.26. The van der Waals surface area contributed by atoms with E-state index >= 15 is 4.39 Å². The quantitative estimate of drug-likeness (QED) is 0.585. The van der Waals surface area contributed by atoms with Crippen molar-refractivity contribution in [3.05, 3.63) is 65.6 Å². The number of rotatable bonds is 5. The topological polar surface area (TPSA) is 73.6 Å². The molecule has 1 heterocycles. The van der Waals surface area contributed by atoms with Crippen LogP contribution in [0.2, 0.25) is 0 Å². The van der Waals surface area contributed by atoms with Crippen LogP contribution in [-0.2, 0) is 15.1 Å². The highest BCUT2D eigenvalue weighted by molar-refractivity contribution is 5.66. The number of esters is 1. The van der Waals surface area contributed by atoms with E-state index < -0.39 is 11.4 Å². The van der Waals surface area contributed by atoms with Gasteiger partial charge in [-0.15, -0.1) is 0 Å². The summed E-state index contributed by atoms with van der Waals surface area (Å²) >= 11 is 0. The van der Waals surface area contributed by atoms with E-state index in [1.165, 1.54) is 11.6 Å². The fourth-order valence-electron chi connectivity index (χ4n) is 4.23. The molecule has 6 nitrogen and oxygen atoms in total. The highest BCUT2D eigenvalue weighted by atomic mass is 19.1. The Labute approximate surface area is 186 Å². The van der Waals surface area contributed by atoms with Crippen LogP contribution in [0.3, 0.4) is 0 Å². The third kappa shape index (κ3) is 4.25. The van der Waals surface area contributed by atoms with Gasteiger partial charge in [0.05, 0.1) is 12.8 Å². The van der Waals surface area contributed by atoms with Gasteiger partial charge < -0.3 is 14.6 Å². The second-order valence-electron chi connectivity index (χ2n) is 8.33. The summed E-state index contributed by atoms with van der Waals surface area (Å²) in [6.45, 7) is 3.33. The number of nitrogens with zero attached hydrogens (tertiary/aromatic N) is 2. The second-order valence-corrected chi connectivity index (χ2v) is 8.33. The van der Waals surface area contributed by atoms with E-state index in [9.17, 15) is 9.90 Å². The summed E-state index contributed by atoms with van der Waals surface area (Å²) in [4.78, 5) is 11.3. The number of aryl methyl sites for hydroxylation is 1.